The predicted molar refractivity (Wildman–Crippen MR) is 120 cm³/mol. The van der Waals surface area contributed by atoms with Crippen LogP contribution in [0.15, 0.2) is 48.5 Å². The first-order valence-corrected chi connectivity index (χ1v) is 10.6. The fraction of sp³-hybridized carbons (Fsp3) is 0.136. The highest BCUT2D eigenvalue weighted by Gasteiger charge is 2.23. The monoisotopic (exact) mass is 467 g/mol. The van der Waals surface area contributed by atoms with E-state index in [0.29, 0.717) is 17.0 Å². The van der Waals surface area contributed by atoms with Gasteiger partial charge in [-0.25, -0.2) is 9.78 Å². The molecule has 3 aromatic rings. The van der Waals surface area contributed by atoms with Crippen LogP contribution in [0, 0.1) is 10.1 Å². The molecule has 0 spiro atoms. The summed E-state index contributed by atoms with van der Waals surface area (Å²) in [6, 6.07) is 11.7. The largest absolute Gasteiger partial charge is 0.462 e. The number of carbonyl (C=O) groups is 2. The number of nitrogens with one attached hydrogen (secondary N) is 1. The molecular weight excluding hydrogens is 450 g/mol. The lowest BCUT2D eigenvalue weighted by Gasteiger charge is -2.01. The zero-order valence-electron chi connectivity index (χ0n) is 17.3. The maximum atomic E-state index is 12.5. The Kier molecular flexibility index (Phi) is 6.31. The third-order valence-corrected chi connectivity index (χ3v) is 5.45. The van der Waals surface area contributed by atoms with Crippen LogP contribution in [0.2, 0.25) is 0 Å². The number of rotatable bonds is 7. The van der Waals surface area contributed by atoms with Gasteiger partial charge in [0.2, 0.25) is 12.7 Å². The summed E-state index contributed by atoms with van der Waals surface area (Å²) in [5.74, 6) is -0.496. The van der Waals surface area contributed by atoms with Gasteiger partial charge >= 0.3 is 5.97 Å². The minimum atomic E-state index is -0.578. The molecule has 0 atom stereocenters. The molecule has 0 saturated carbocycles. The molecule has 168 valence electrons. The minimum absolute atomic E-state index is 0.0310. The number of anilines is 1. The first-order chi connectivity index (χ1) is 16.0. The lowest BCUT2D eigenvalue weighted by Crippen LogP contribution is -2.07. The van der Waals surface area contributed by atoms with Gasteiger partial charge in [-0.1, -0.05) is 41.7 Å². The smallest absolute Gasteiger partial charge is 0.350 e. The van der Waals surface area contributed by atoms with Crippen LogP contribution < -0.4 is 14.8 Å². The molecule has 4 rings (SSSR count). The van der Waals surface area contributed by atoms with Crippen molar-refractivity contribution < 1.29 is 28.7 Å². The average Bonchev–Trinajstić information content (AvgIpc) is 3.44. The number of hydrogen-bond donors (Lipinski definition) is 1. The average molecular weight is 467 g/mol. The van der Waals surface area contributed by atoms with E-state index in [-0.39, 0.29) is 40.4 Å². The summed E-state index contributed by atoms with van der Waals surface area (Å²) in [6.07, 6.45) is 2.44. The molecule has 0 fully saturated rings. The Morgan fingerprint density at radius 1 is 1.24 bits per heavy atom. The van der Waals surface area contributed by atoms with Crippen LogP contribution in [0.4, 0.5) is 10.8 Å². The summed E-state index contributed by atoms with van der Waals surface area (Å²) in [5.41, 5.74) is 1.04. The number of thiazole rings is 1. The molecule has 33 heavy (non-hydrogen) atoms. The standard InChI is InChI=1S/C22H17N3O7S/c1-2-30-21(27)20-19(13-6-4-3-5-7-13)24-22(33-20)23-18(26)9-8-14-10-16-17(32-12-31-16)11-15(14)25(28)29/h3-11H,2,12H2,1H3,(H,23,24,26)/b9-8-. The summed E-state index contributed by atoms with van der Waals surface area (Å²) < 4.78 is 15.5. The fourth-order valence-electron chi connectivity index (χ4n) is 3.05. The SMILES string of the molecule is CCOC(=O)c1sc(NC(=O)/C=C\c2cc3c(cc2[N+](=O)[O-])OCO3)nc1-c1ccccc1. The Hall–Kier alpha value is -4.25. The lowest BCUT2D eigenvalue weighted by atomic mass is 10.1. The third-order valence-electron chi connectivity index (χ3n) is 4.50. The third kappa shape index (κ3) is 4.83. The van der Waals surface area contributed by atoms with Crippen molar-refractivity contribution in [1.29, 1.82) is 0 Å². The second kappa shape index (κ2) is 9.49. The number of amides is 1. The van der Waals surface area contributed by atoms with Crippen molar-refractivity contribution in [3.63, 3.8) is 0 Å². The number of nitro groups is 1. The number of ether oxygens (including phenoxy) is 3. The molecular formula is C22H17N3O7S. The summed E-state index contributed by atoms with van der Waals surface area (Å²) in [7, 11) is 0. The Morgan fingerprint density at radius 2 is 1.97 bits per heavy atom. The second-order valence-electron chi connectivity index (χ2n) is 6.63. The van der Waals surface area contributed by atoms with E-state index >= 15 is 0 Å². The Labute approximate surface area is 191 Å². The van der Waals surface area contributed by atoms with Crippen molar-refractivity contribution in [2.45, 2.75) is 6.92 Å². The summed E-state index contributed by atoms with van der Waals surface area (Å²) in [6.45, 7) is 1.87. The molecule has 1 amide bonds. The maximum Gasteiger partial charge on any atom is 0.350 e. The Bertz CT molecular complexity index is 1250. The van der Waals surface area contributed by atoms with Crippen molar-refractivity contribution in [2.24, 2.45) is 0 Å². The van der Waals surface area contributed by atoms with Crippen molar-refractivity contribution in [3.05, 3.63) is 69.1 Å². The van der Waals surface area contributed by atoms with E-state index < -0.39 is 16.8 Å². The first kappa shape index (κ1) is 22.0. The molecule has 2 aromatic carbocycles. The second-order valence-corrected chi connectivity index (χ2v) is 7.63. The van der Waals surface area contributed by atoms with Gasteiger partial charge in [-0.2, -0.15) is 0 Å². The van der Waals surface area contributed by atoms with E-state index in [0.717, 1.165) is 17.4 Å². The number of benzene rings is 2. The van der Waals surface area contributed by atoms with Crippen LogP contribution >= 0.6 is 11.3 Å². The number of carbonyl (C=O) groups excluding carboxylic acids is 2. The molecule has 1 aromatic heterocycles. The van der Waals surface area contributed by atoms with Gasteiger partial charge in [0.25, 0.3) is 5.69 Å². The summed E-state index contributed by atoms with van der Waals surface area (Å²) in [5, 5.41) is 14.1. The molecule has 0 saturated heterocycles. The van der Waals surface area contributed by atoms with Crippen molar-refractivity contribution >= 4 is 40.1 Å². The zero-order chi connectivity index (χ0) is 23.4. The molecule has 10 nitrogen and oxygen atoms in total. The maximum absolute atomic E-state index is 12.5. The van der Waals surface area contributed by atoms with Gasteiger partial charge in [-0.05, 0) is 19.1 Å². The van der Waals surface area contributed by atoms with Crippen molar-refractivity contribution in [2.75, 3.05) is 18.7 Å². The number of fused-ring (bicyclic) bond motifs is 1. The highest BCUT2D eigenvalue weighted by molar-refractivity contribution is 7.18. The number of esters is 1. The van der Waals surface area contributed by atoms with Gasteiger partial charge in [0.15, 0.2) is 16.6 Å². The highest BCUT2D eigenvalue weighted by atomic mass is 32.1. The number of nitrogens with zero attached hydrogens (tertiary/aromatic N) is 2. The van der Waals surface area contributed by atoms with E-state index in [9.17, 15) is 19.7 Å². The van der Waals surface area contributed by atoms with E-state index in [1.165, 1.54) is 18.2 Å². The summed E-state index contributed by atoms with van der Waals surface area (Å²) in [4.78, 5) is 40.3. The van der Waals surface area contributed by atoms with Gasteiger partial charge in [-0.15, -0.1) is 0 Å². The van der Waals surface area contributed by atoms with Crippen molar-refractivity contribution in [1.82, 2.24) is 4.98 Å². The van der Waals surface area contributed by atoms with Gasteiger partial charge in [-0.3, -0.25) is 20.2 Å². The van der Waals surface area contributed by atoms with E-state index in [1.54, 1.807) is 19.1 Å². The Morgan fingerprint density at radius 3 is 2.67 bits per heavy atom. The topological polar surface area (TPSA) is 130 Å². The van der Waals surface area contributed by atoms with E-state index in [2.05, 4.69) is 10.3 Å². The molecule has 1 N–H and O–H groups in total. The first-order valence-electron chi connectivity index (χ1n) is 9.76. The molecule has 0 aliphatic carbocycles. The quantitative estimate of drug-likeness (QED) is 0.236. The van der Waals surface area contributed by atoms with Crippen LogP contribution in [0.1, 0.15) is 22.2 Å². The number of aromatic nitrogens is 1. The van der Waals surface area contributed by atoms with Crippen LogP contribution in [0.25, 0.3) is 17.3 Å². The highest BCUT2D eigenvalue weighted by Crippen LogP contribution is 2.38. The molecule has 0 unspecified atom stereocenters. The van der Waals surface area contributed by atoms with Gasteiger partial charge in [0, 0.05) is 11.6 Å². The molecule has 1 aliphatic heterocycles. The molecule has 2 heterocycles. The molecule has 0 radical (unpaired) electrons. The van der Waals surface area contributed by atoms with Gasteiger partial charge in [0.1, 0.15) is 4.88 Å². The molecule has 11 heteroatoms. The van der Waals surface area contributed by atoms with E-state index in [1.807, 2.05) is 18.2 Å². The number of nitro benzene ring substituents is 1. The van der Waals surface area contributed by atoms with Crippen LogP contribution in [-0.4, -0.2) is 35.2 Å². The van der Waals surface area contributed by atoms with Crippen LogP contribution in [-0.2, 0) is 9.53 Å². The normalized spacial score (nSPS) is 12.0. The minimum Gasteiger partial charge on any atom is -0.462 e. The van der Waals surface area contributed by atoms with Gasteiger partial charge in [0.05, 0.1) is 28.9 Å². The molecule has 0 bridgehead atoms. The van der Waals surface area contributed by atoms with Crippen LogP contribution in [0.5, 0.6) is 11.5 Å². The number of hydrogen-bond acceptors (Lipinski definition) is 9. The van der Waals surface area contributed by atoms with Crippen molar-refractivity contribution in [3.8, 4) is 22.8 Å². The lowest BCUT2D eigenvalue weighted by molar-refractivity contribution is -0.385. The fourth-order valence-corrected chi connectivity index (χ4v) is 3.94. The summed E-state index contributed by atoms with van der Waals surface area (Å²) >= 11 is 0.980. The molecule has 1 aliphatic rings. The Balaban J connectivity index is 1.57. The zero-order valence-corrected chi connectivity index (χ0v) is 18.1. The van der Waals surface area contributed by atoms with Gasteiger partial charge < -0.3 is 14.2 Å². The predicted octanol–water partition coefficient (Wildman–Crippen LogP) is 4.28. The van der Waals surface area contributed by atoms with E-state index in [4.69, 9.17) is 14.2 Å². The van der Waals surface area contributed by atoms with Crippen LogP contribution in [0.3, 0.4) is 0 Å².